The fraction of sp³-hybridized carbons (Fsp3) is 0.308. The van der Waals surface area contributed by atoms with E-state index in [1.807, 2.05) is 18.2 Å². The lowest BCUT2D eigenvalue weighted by molar-refractivity contribution is 0.504. The topological polar surface area (TPSA) is 38.1 Å². The van der Waals surface area contributed by atoms with Crippen LogP contribution in [-0.2, 0) is 13.0 Å². The summed E-state index contributed by atoms with van der Waals surface area (Å²) in [4.78, 5) is 4.07. The number of hydrogen-bond donors (Lipinski definition) is 1. The number of benzene rings is 1. The molecule has 2 rings (SSSR count). The van der Waals surface area contributed by atoms with Gasteiger partial charge in [-0.3, -0.25) is 0 Å². The van der Waals surface area contributed by atoms with E-state index in [1.54, 1.807) is 12.5 Å². The largest absolute Gasteiger partial charge is 0.447 e. The molecule has 0 radical (unpaired) electrons. The number of nitrogens with one attached hydrogen (secondary N) is 1. The van der Waals surface area contributed by atoms with Crippen molar-refractivity contribution >= 4 is 17.3 Å². The number of anilines is 1. The van der Waals surface area contributed by atoms with Gasteiger partial charge in [-0.25, -0.2) is 4.98 Å². The predicted octanol–water partition coefficient (Wildman–Crippen LogP) is 3.89. The van der Waals surface area contributed by atoms with Crippen LogP contribution in [0, 0.1) is 0 Å². The van der Waals surface area contributed by atoms with Gasteiger partial charge in [-0.1, -0.05) is 24.9 Å². The number of rotatable bonds is 5. The number of nitrogens with zero attached hydrogens (tertiary/aromatic N) is 1. The maximum absolute atomic E-state index is 5.99. The molecule has 1 aromatic carbocycles. The van der Waals surface area contributed by atoms with E-state index in [9.17, 15) is 0 Å². The third-order valence-electron chi connectivity index (χ3n) is 2.50. The van der Waals surface area contributed by atoms with Crippen LogP contribution in [0.3, 0.4) is 0 Å². The molecule has 0 aliphatic rings. The lowest BCUT2D eigenvalue weighted by Crippen LogP contribution is -2.02. The van der Waals surface area contributed by atoms with Crippen molar-refractivity contribution < 1.29 is 4.42 Å². The van der Waals surface area contributed by atoms with E-state index < -0.39 is 0 Å². The second-order valence-electron chi connectivity index (χ2n) is 3.83. The zero-order valence-corrected chi connectivity index (χ0v) is 10.5. The Morgan fingerprint density at radius 2 is 2.29 bits per heavy atom. The molecule has 0 bridgehead atoms. The van der Waals surface area contributed by atoms with Gasteiger partial charge in [0.05, 0.1) is 12.7 Å². The lowest BCUT2D eigenvalue weighted by atomic mass is 10.1. The minimum Gasteiger partial charge on any atom is -0.447 e. The van der Waals surface area contributed by atoms with Gasteiger partial charge in [0.1, 0.15) is 6.26 Å². The molecule has 0 aliphatic heterocycles. The average Bonchev–Trinajstić information content (AvgIpc) is 2.81. The van der Waals surface area contributed by atoms with Crippen molar-refractivity contribution in [2.45, 2.75) is 26.3 Å². The number of halogens is 1. The van der Waals surface area contributed by atoms with Gasteiger partial charge < -0.3 is 9.73 Å². The Morgan fingerprint density at radius 1 is 1.41 bits per heavy atom. The molecule has 0 atom stereocenters. The summed E-state index contributed by atoms with van der Waals surface area (Å²) < 4.78 is 5.18. The van der Waals surface area contributed by atoms with Crippen molar-refractivity contribution in [3.8, 4) is 0 Å². The number of aryl methyl sites for hydroxylation is 1. The van der Waals surface area contributed by atoms with E-state index in [2.05, 4.69) is 17.2 Å². The number of oxazole rings is 1. The third-order valence-corrected chi connectivity index (χ3v) is 2.74. The van der Waals surface area contributed by atoms with Crippen molar-refractivity contribution in [1.82, 2.24) is 4.98 Å². The minimum atomic E-state index is 0.589. The maximum Gasteiger partial charge on any atom is 0.213 e. The van der Waals surface area contributed by atoms with Gasteiger partial charge in [0, 0.05) is 10.7 Å². The van der Waals surface area contributed by atoms with Gasteiger partial charge in [0.25, 0.3) is 0 Å². The van der Waals surface area contributed by atoms with Crippen molar-refractivity contribution in [2.24, 2.45) is 0 Å². The van der Waals surface area contributed by atoms with Gasteiger partial charge in [0.15, 0.2) is 0 Å². The first-order valence-corrected chi connectivity index (χ1v) is 6.08. The van der Waals surface area contributed by atoms with E-state index in [0.717, 1.165) is 23.6 Å². The summed E-state index contributed by atoms with van der Waals surface area (Å²) in [6, 6.07) is 5.89. The Labute approximate surface area is 106 Å². The minimum absolute atomic E-state index is 0.589. The van der Waals surface area contributed by atoms with Crippen LogP contribution in [0.15, 0.2) is 35.1 Å². The molecule has 3 nitrogen and oxygen atoms in total. The van der Waals surface area contributed by atoms with Crippen LogP contribution < -0.4 is 5.32 Å². The van der Waals surface area contributed by atoms with Crippen LogP contribution in [-0.4, -0.2) is 4.98 Å². The van der Waals surface area contributed by atoms with E-state index in [4.69, 9.17) is 16.0 Å². The molecule has 0 spiro atoms. The highest BCUT2D eigenvalue weighted by Gasteiger charge is 2.04. The first kappa shape index (κ1) is 12.0. The van der Waals surface area contributed by atoms with Crippen LogP contribution in [0.5, 0.6) is 0 Å². The van der Waals surface area contributed by atoms with Crippen LogP contribution in [0.25, 0.3) is 0 Å². The van der Waals surface area contributed by atoms with Crippen molar-refractivity contribution in [1.29, 1.82) is 0 Å². The van der Waals surface area contributed by atoms with Gasteiger partial charge in [-0.2, -0.15) is 0 Å². The van der Waals surface area contributed by atoms with Gasteiger partial charge in [0.2, 0.25) is 5.89 Å². The first-order valence-electron chi connectivity index (χ1n) is 5.70. The number of hydrogen-bond acceptors (Lipinski definition) is 3. The molecule has 0 fully saturated rings. The van der Waals surface area contributed by atoms with E-state index in [-0.39, 0.29) is 0 Å². The summed E-state index contributed by atoms with van der Waals surface area (Å²) in [5, 5.41) is 4.09. The summed E-state index contributed by atoms with van der Waals surface area (Å²) in [7, 11) is 0. The smallest absolute Gasteiger partial charge is 0.213 e. The average molecular weight is 251 g/mol. The monoisotopic (exact) mass is 250 g/mol. The fourth-order valence-corrected chi connectivity index (χ4v) is 1.92. The molecule has 90 valence electrons. The summed E-state index contributed by atoms with van der Waals surface area (Å²) in [6.45, 7) is 2.74. The summed E-state index contributed by atoms with van der Waals surface area (Å²) in [5.41, 5.74) is 2.32. The van der Waals surface area contributed by atoms with E-state index in [1.165, 1.54) is 5.56 Å². The van der Waals surface area contributed by atoms with Crippen LogP contribution >= 0.6 is 11.6 Å². The zero-order chi connectivity index (χ0) is 12.1. The Bertz CT molecular complexity index is 468. The fourth-order valence-electron chi connectivity index (χ4n) is 1.72. The van der Waals surface area contributed by atoms with Gasteiger partial charge in [-0.05, 0) is 30.2 Å². The van der Waals surface area contributed by atoms with Crippen LogP contribution in [0.1, 0.15) is 24.8 Å². The molecule has 0 saturated carbocycles. The van der Waals surface area contributed by atoms with Gasteiger partial charge in [-0.15, -0.1) is 0 Å². The van der Waals surface area contributed by atoms with Crippen molar-refractivity contribution in [2.75, 3.05) is 5.32 Å². The molecule has 2 aromatic rings. The normalized spacial score (nSPS) is 10.5. The molecule has 1 N–H and O–H groups in total. The highest BCUT2D eigenvalue weighted by Crippen LogP contribution is 2.22. The molecule has 4 heteroatoms. The molecule has 0 amide bonds. The van der Waals surface area contributed by atoms with Crippen molar-refractivity contribution in [3.63, 3.8) is 0 Å². The second kappa shape index (κ2) is 5.73. The highest BCUT2D eigenvalue weighted by atomic mass is 35.5. The molecule has 0 aliphatic carbocycles. The summed E-state index contributed by atoms with van der Waals surface area (Å²) in [6.07, 6.45) is 5.32. The SMILES string of the molecule is CCCc1cc(Cl)ccc1NCc1ncco1. The standard InChI is InChI=1S/C13H15ClN2O/c1-2-3-10-8-11(14)4-5-12(10)16-9-13-15-6-7-17-13/h4-8,16H,2-3,9H2,1H3. The predicted molar refractivity (Wildman–Crippen MR) is 69.3 cm³/mol. The molecular formula is C13H15ClN2O. The second-order valence-corrected chi connectivity index (χ2v) is 4.27. The molecule has 1 aromatic heterocycles. The molecule has 0 unspecified atom stereocenters. The molecule has 1 heterocycles. The van der Waals surface area contributed by atoms with E-state index >= 15 is 0 Å². The quantitative estimate of drug-likeness (QED) is 0.875. The van der Waals surface area contributed by atoms with Crippen LogP contribution in [0.4, 0.5) is 5.69 Å². The highest BCUT2D eigenvalue weighted by molar-refractivity contribution is 6.30. The summed E-state index contributed by atoms with van der Waals surface area (Å²) in [5.74, 6) is 0.683. The first-order chi connectivity index (χ1) is 8.29. The molecule has 17 heavy (non-hydrogen) atoms. The molecule has 0 saturated heterocycles. The third kappa shape index (κ3) is 3.24. The lowest BCUT2D eigenvalue weighted by Gasteiger charge is -2.10. The van der Waals surface area contributed by atoms with Gasteiger partial charge >= 0.3 is 0 Å². The number of aromatic nitrogens is 1. The summed E-state index contributed by atoms with van der Waals surface area (Å²) >= 11 is 5.99. The Hall–Kier alpha value is -1.48. The molecular weight excluding hydrogens is 236 g/mol. The van der Waals surface area contributed by atoms with E-state index in [0.29, 0.717) is 12.4 Å². The maximum atomic E-state index is 5.99. The van der Waals surface area contributed by atoms with Crippen LogP contribution in [0.2, 0.25) is 5.02 Å². The van der Waals surface area contributed by atoms with Crippen molar-refractivity contribution in [3.05, 3.63) is 47.1 Å². The Morgan fingerprint density at radius 3 is 3.00 bits per heavy atom. The Kier molecular flexibility index (Phi) is 4.04. The zero-order valence-electron chi connectivity index (χ0n) is 9.74. The Balaban J connectivity index is 2.08.